The fraction of sp³-hybridized carbons (Fsp3) is 0.571. The highest BCUT2D eigenvalue weighted by Crippen LogP contribution is 2.11. The lowest BCUT2D eigenvalue weighted by molar-refractivity contribution is 0.141. The predicted molar refractivity (Wildman–Crippen MR) is 36.6 cm³/mol. The molecule has 1 aliphatic heterocycles. The molecule has 0 amide bonds. The fourth-order valence-corrected chi connectivity index (χ4v) is 1.33. The van der Waals surface area contributed by atoms with E-state index in [4.69, 9.17) is 0 Å². The Morgan fingerprint density at radius 3 is 3.50 bits per heavy atom. The molecule has 0 fully saturated rings. The van der Waals surface area contributed by atoms with Crippen molar-refractivity contribution in [3.63, 3.8) is 0 Å². The Labute approximate surface area is 59.3 Å². The molecule has 2 heterocycles. The summed E-state index contributed by atoms with van der Waals surface area (Å²) in [5.41, 5.74) is 0. The van der Waals surface area contributed by atoms with Gasteiger partial charge in [0.05, 0.1) is 6.10 Å². The second kappa shape index (κ2) is 2.09. The van der Waals surface area contributed by atoms with E-state index in [0.29, 0.717) is 6.42 Å². The molecule has 0 saturated heterocycles. The van der Waals surface area contributed by atoms with E-state index >= 15 is 0 Å². The summed E-state index contributed by atoms with van der Waals surface area (Å²) in [6.07, 6.45) is 5.15. The lowest BCUT2D eigenvalue weighted by Gasteiger charge is -2.18. The number of fused-ring (bicyclic) bond motifs is 1. The molecule has 0 bridgehead atoms. The van der Waals surface area contributed by atoms with Crippen LogP contribution in [-0.2, 0) is 13.0 Å². The molecule has 1 N–H and O–H groups in total. The first-order chi connectivity index (χ1) is 4.86. The molecule has 0 unspecified atom stereocenters. The predicted octanol–water partition coefficient (Wildman–Crippen LogP) is 0.190. The maximum Gasteiger partial charge on any atom is 0.111 e. The van der Waals surface area contributed by atoms with E-state index in [2.05, 4.69) is 9.55 Å². The summed E-state index contributed by atoms with van der Waals surface area (Å²) in [5.74, 6) is 1.01. The maximum atomic E-state index is 9.22. The van der Waals surface area contributed by atoms with Gasteiger partial charge in [0.1, 0.15) is 5.82 Å². The number of aliphatic hydroxyl groups is 1. The van der Waals surface area contributed by atoms with Crippen molar-refractivity contribution in [1.29, 1.82) is 0 Å². The third-order valence-corrected chi connectivity index (χ3v) is 1.92. The summed E-state index contributed by atoms with van der Waals surface area (Å²) >= 11 is 0. The van der Waals surface area contributed by atoms with E-state index in [1.165, 1.54) is 0 Å². The van der Waals surface area contributed by atoms with Crippen molar-refractivity contribution in [2.75, 3.05) is 0 Å². The van der Waals surface area contributed by atoms with Crippen molar-refractivity contribution in [3.05, 3.63) is 18.2 Å². The number of imidazole rings is 1. The van der Waals surface area contributed by atoms with Gasteiger partial charge in [-0.25, -0.2) is 4.98 Å². The summed E-state index contributed by atoms with van der Waals surface area (Å²) in [6, 6.07) is 0. The molecule has 2 rings (SSSR count). The highest BCUT2D eigenvalue weighted by Gasteiger charge is 2.15. The molecule has 1 atom stereocenters. The molecule has 3 nitrogen and oxygen atoms in total. The average Bonchev–Trinajstić information content (AvgIpc) is 2.33. The minimum absolute atomic E-state index is 0.171. The van der Waals surface area contributed by atoms with Crippen LogP contribution in [0, 0.1) is 0 Å². The Morgan fingerprint density at radius 2 is 2.60 bits per heavy atom. The number of hydrogen-bond donors (Lipinski definition) is 1. The first kappa shape index (κ1) is 5.92. The van der Waals surface area contributed by atoms with Gasteiger partial charge in [-0.15, -0.1) is 0 Å². The number of aryl methyl sites for hydroxylation is 1. The van der Waals surface area contributed by atoms with Gasteiger partial charge in [-0.1, -0.05) is 0 Å². The normalized spacial score (nSPS) is 24.3. The molecule has 1 aliphatic rings. The molecule has 0 aromatic carbocycles. The summed E-state index contributed by atoms with van der Waals surface area (Å²) in [6.45, 7) is 0.913. The SMILES string of the molecule is O[C@@H]1CCn2ccnc2C1. The van der Waals surface area contributed by atoms with E-state index in [0.717, 1.165) is 18.8 Å². The largest absolute Gasteiger partial charge is 0.393 e. The number of aliphatic hydroxyl groups excluding tert-OH is 1. The second-order valence-corrected chi connectivity index (χ2v) is 2.68. The molecule has 0 aliphatic carbocycles. The summed E-state index contributed by atoms with van der Waals surface area (Å²) in [5, 5.41) is 9.22. The summed E-state index contributed by atoms with van der Waals surface area (Å²) in [4.78, 5) is 4.11. The van der Waals surface area contributed by atoms with E-state index in [-0.39, 0.29) is 6.10 Å². The van der Waals surface area contributed by atoms with Gasteiger partial charge in [0, 0.05) is 25.4 Å². The van der Waals surface area contributed by atoms with Crippen molar-refractivity contribution in [3.8, 4) is 0 Å². The molecule has 54 valence electrons. The van der Waals surface area contributed by atoms with E-state index in [1.807, 2.05) is 6.20 Å². The number of nitrogens with zero attached hydrogens (tertiary/aromatic N) is 2. The highest BCUT2D eigenvalue weighted by atomic mass is 16.3. The van der Waals surface area contributed by atoms with Crippen molar-refractivity contribution in [2.24, 2.45) is 0 Å². The van der Waals surface area contributed by atoms with Gasteiger partial charge in [-0.2, -0.15) is 0 Å². The van der Waals surface area contributed by atoms with Gasteiger partial charge >= 0.3 is 0 Å². The van der Waals surface area contributed by atoms with Crippen LogP contribution < -0.4 is 0 Å². The topological polar surface area (TPSA) is 38.0 Å². The van der Waals surface area contributed by atoms with Crippen LogP contribution in [0.15, 0.2) is 12.4 Å². The zero-order chi connectivity index (χ0) is 6.97. The Kier molecular flexibility index (Phi) is 1.24. The average molecular weight is 138 g/mol. The van der Waals surface area contributed by atoms with Crippen LogP contribution in [0.2, 0.25) is 0 Å². The number of rotatable bonds is 0. The first-order valence-electron chi connectivity index (χ1n) is 3.54. The van der Waals surface area contributed by atoms with Crippen molar-refractivity contribution < 1.29 is 5.11 Å². The minimum Gasteiger partial charge on any atom is -0.393 e. The Morgan fingerprint density at radius 1 is 1.70 bits per heavy atom. The van der Waals surface area contributed by atoms with Gasteiger partial charge in [0.25, 0.3) is 0 Å². The van der Waals surface area contributed by atoms with Crippen molar-refractivity contribution in [2.45, 2.75) is 25.5 Å². The van der Waals surface area contributed by atoms with Gasteiger partial charge in [0.2, 0.25) is 0 Å². The Hall–Kier alpha value is -0.830. The maximum absolute atomic E-state index is 9.22. The highest BCUT2D eigenvalue weighted by molar-refractivity contribution is 4.97. The number of aromatic nitrogens is 2. The van der Waals surface area contributed by atoms with Gasteiger partial charge in [-0.3, -0.25) is 0 Å². The van der Waals surface area contributed by atoms with E-state index < -0.39 is 0 Å². The summed E-state index contributed by atoms with van der Waals surface area (Å²) < 4.78 is 2.09. The van der Waals surface area contributed by atoms with Crippen LogP contribution in [0.3, 0.4) is 0 Å². The third-order valence-electron chi connectivity index (χ3n) is 1.92. The van der Waals surface area contributed by atoms with Crippen molar-refractivity contribution >= 4 is 0 Å². The zero-order valence-corrected chi connectivity index (χ0v) is 5.70. The van der Waals surface area contributed by atoms with E-state index in [1.54, 1.807) is 6.20 Å². The molecule has 1 aromatic rings. The Bertz CT molecular complexity index is 231. The molecule has 1 aromatic heterocycles. The Balaban J connectivity index is 2.30. The summed E-state index contributed by atoms with van der Waals surface area (Å²) in [7, 11) is 0. The molecule has 0 radical (unpaired) electrons. The first-order valence-corrected chi connectivity index (χ1v) is 3.54. The smallest absolute Gasteiger partial charge is 0.111 e. The van der Waals surface area contributed by atoms with Crippen LogP contribution >= 0.6 is 0 Å². The quantitative estimate of drug-likeness (QED) is 0.555. The molecular formula is C7H10N2O. The fourth-order valence-electron chi connectivity index (χ4n) is 1.33. The standard InChI is InChI=1S/C7H10N2O/c10-6-1-3-9-4-2-8-7(9)5-6/h2,4,6,10H,1,3,5H2/t6-/m1/s1. The number of hydrogen-bond acceptors (Lipinski definition) is 2. The zero-order valence-electron chi connectivity index (χ0n) is 5.70. The second-order valence-electron chi connectivity index (χ2n) is 2.68. The molecule has 10 heavy (non-hydrogen) atoms. The minimum atomic E-state index is -0.171. The van der Waals surface area contributed by atoms with Crippen molar-refractivity contribution in [1.82, 2.24) is 9.55 Å². The lowest BCUT2D eigenvalue weighted by Crippen LogP contribution is -2.22. The molecule has 0 saturated carbocycles. The molecule has 0 spiro atoms. The monoisotopic (exact) mass is 138 g/mol. The molecule has 3 heteroatoms. The van der Waals surface area contributed by atoms with Crippen LogP contribution in [0.1, 0.15) is 12.2 Å². The third kappa shape index (κ3) is 0.827. The van der Waals surface area contributed by atoms with Crippen LogP contribution in [0.25, 0.3) is 0 Å². The molecular weight excluding hydrogens is 128 g/mol. The lowest BCUT2D eigenvalue weighted by atomic mass is 10.1. The van der Waals surface area contributed by atoms with Crippen LogP contribution in [0.5, 0.6) is 0 Å². The van der Waals surface area contributed by atoms with Gasteiger partial charge in [-0.05, 0) is 6.42 Å². The van der Waals surface area contributed by atoms with Crippen LogP contribution in [0.4, 0.5) is 0 Å². The van der Waals surface area contributed by atoms with Gasteiger partial charge < -0.3 is 9.67 Å². The van der Waals surface area contributed by atoms with E-state index in [9.17, 15) is 5.11 Å². The van der Waals surface area contributed by atoms with Gasteiger partial charge in [0.15, 0.2) is 0 Å². The van der Waals surface area contributed by atoms with Crippen LogP contribution in [-0.4, -0.2) is 20.8 Å².